The van der Waals surface area contributed by atoms with Crippen molar-refractivity contribution >= 4 is 28.5 Å². The van der Waals surface area contributed by atoms with E-state index in [1.165, 1.54) is 42.9 Å². The highest BCUT2D eigenvalue weighted by molar-refractivity contribution is 7.13. The second-order valence-electron chi connectivity index (χ2n) is 3.86. The predicted molar refractivity (Wildman–Crippen MR) is 77.3 cm³/mol. The Balaban J connectivity index is 2.22. The number of ether oxygens (including phenoxy) is 1. The summed E-state index contributed by atoms with van der Waals surface area (Å²) in [7, 11) is 1.36. The van der Waals surface area contributed by atoms with E-state index in [1.54, 1.807) is 17.5 Å². The van der Waals surface area contributed by atoms with E-state index in [-0.39, 0.29) is 11.3 Å². The van der Waals surface area contributed by atoms with Crippen molar-refractivity contribution in [2.75, 3.05) is 12.4 Å². The Morgan fingerprint density at radius 3 is 2.95 bits per heavy atom. The van der Waals surface area contributed by atoms with Crippen LogP contribution < -0.4 is 10.1 Å². The molecule has 0 radical (unpaired) electrons. The number of rotatable bonds is 4. The number of carbonyl (C=O) groups is 1. The van der Waals surface area contributed by atoms with Crippen molar-refractivity contribution in [1.82, 2.24) is 4.98 Å². The predicted octanol–water partition coefficient (Wildman–Crippen LogP) is 2.84. The number of thiazole rings is 1. The summed E-state index contributed by atoms with van der Waals surface area (Å²) in [5.41, 5.74) is 0.244. The number of amides is 1. The van der Waals surface area contributed by atoms with Crippen molar-refractivity contribution < 1.29 is 13.9 Å². The summed E-state index contributed by atoms with van der Waals surface area (Å²) < 4.78 is 18.4. The summed E-state index contributed by atoms with van der Waals surface area (Å²) in [5.74, 6) is -1.06. The Morgan fingerprint density at radius 2 is 2.38 bits per heavy atom. The minimum absolute atomic E-state index is 0.0953. The number of hydrogen-bond acceptors (Lipinski definition) is 5. The minimum atomic E-state index is -0.594. The molecular weight excluding hydrogens is 293 g/mol. The van der Waals surface area contributed by atoms with E-state index in [1.807, 2.05) is 0 Å². The van der Waals surface area contributed by atoms with Gasteiger partial charge in [-0.25, -0.2) is 9.37 Å². The Hall–Kier alpha value is -2.72. The quantitative estimate of drug-likeness (QED) is 0.696. The normalized spacial score (nSPS) is 10.8. The number of benzene rings is 1. The van der Waals surface area contributed by atoms with Crippen molar-refractivity contribution in [1.29, 1.82) is 5.26 Å². The number of halogens is 1. The molecule has 0 aliphatic heterocycles. The first-order valence-electron chi connectivity index (χ1n) is 5.80. The number of methoxy groups -OCH3 is 1. The van der Waals surface area contributed by atoms with Gasteiger partial charge < -0.3 is 4.74 Å². The first-order chi connectivity index (χ1) is 10.1. The van der Waals surface area contributed by atoms with Gasteiger partial charge in [0, 0.05) is 11.6 Å². The van der Waals surface area contributed by atoms with Crippen LogP contribution in [0.2, 0.25) is 0 Å². The number of anilines is 1. The smallest absolute Gasteiger partial charge is 0.268 e. The summed E-state index contributed by atoms with van der Waals surface area (Å²) >= 11 is 1.24. The first-order valence-corrected chi connectivity index (χ1v) is 6.68. The summed E-state index contributed by atoms with van der Waals surface area (Å²) in [5, 5.41) is 13.6. The fourth-order valence-corrected chi connectivity index (χ4v) is 2.06. The summed E-state index contributed by atoms with van der Waals surface area (Å²) in [4.78, 5) is 15.8. The van der Waals surface area contributed by atoms with Gasteiger partial charge in [0.15, 0.2) is 16.7 Å². The van der Waals surface area contributed by atoms with E-state index in [9.17, 15) is 9.18 Å². The van der Waals surface area contributed by atoms with Crippen molar-refractivity contribution in [2.24, 2.45) is 0 Å². The van der Waals surface area contributed by atoms with Crippen LogP contribution in [0.5, 0.6) is 5.75 Å². The third kappa shape index (κ3) is 3.64. The Morgan fingerprint density at radius 1 is 1.57 bits per heavy atom. The molecule has 21 heavy (non-hydrogen) atoms. The van der Waals surface area contributed by atoms with Crippen LogP contribution in [0.25, 0.3) is 6.08 Å². The number of nitrogens with one attached hydrogen (secondary N) is 1. The zero-order valence-corrected chi connectivity index (χ0v) is 11.8. The average Bonchev–Trinajstić information content (AvgIpc) is 2.97. The molecule has 0 bridgehead atoms. The molecule has 1 amide bonds. The number of carbonyl (C=O) groups excluding carboxylic acids is 1. The van der Waals surface area contributed by atoms with Gasteiger partial charge in [0.05, 0.1) is 7.11 Å². The molecule has 2 aromatic rings. The monoisotopic (exact) mass is 303 g/mol. The summed E-state index contributed by atoms with van der Waals surface area (Å²) in [6.07, 6.45) is 2.83. The van der Waals surface area contributed by atoms with E-state index in [2.05, 4.69) is 10.3 Å². The third-order valence-electron chi connectivity index (χ3n) is 2.50. The van der Waals surface area contributed by atoms with Crippen molar-refractivity contribution in [3.8, 4) is 11.8 Å². The fourth-order valence-electron chi connectivity index (χ4n) is 1.54. The Labute approximate surface area is 124 Å². The molecule has 0 saturated heterocycles. The summed E-state index contributed by atoms with van der Waals surface area (Å²) in [6.45, 7) is 0. The van der Waals surface area contributed by atoms with Crippen LogP contribution in [-0.2, 0) is 4.79 Å². The molecule has 5 nitrogen and oxygen atoms in total. The number of hydrogen-bond donors (Lipinski definition) is 1. The van der Waals surface area contributed by atoms with Gasteiger partial charge in [-0.15, -0.1) is 11.3 Å². The number of aromatic nitrogens is 1. The van der Waals surface area contributed by atoms with Gasteiger partial charge in [-0.2, -0.15) is 5.26 Å². The highest BCUT2D eigenvalue weighted by Crippen LogP contribution is 2.20. The van der Waals surface area contributed by atoms with Crippen LogP contribution in [-0.4, -0.2) is 18.0 Å². The molecule has 1 aromatic heterocycles. The van der Waals surface area contributed by atoms with Gasteiger partial charge in [-0.3, -0.25) is 10.1 Å². The second-order valence-corrected chi connectivity index (χ2v) is 4.75. The maximum Gasteiger partial charge on any atom is 0.268 e. The topological polar surface area (TPSA) is 75.0 Å². The lowest BCUT2D eigenvalue weighted by atomic mass is 10.1. The molecule has 0 saturated carbocycles. The van der Waals surface area contributed by atoms with Crippen molar-refractivity contribution in [3.05, 3.63) is 46.7 Å². The van der Waals surface area contributed by atoms with Crippen LogP contribution >= 0.6 is 11.3 Å². The van der Waals surface area contributed by atoms with Gasteiger partial charge in [0.1, 0.15) is 11.6 Å². The molecule has 106 valence electrons. The van der Waals surface area contributed by atoms with Crippen LogP contribution in [0.4, 0.5) is 9.52 Å². The molecule has 1 N–H and O–H groups in total. The summed E-state index contributed by atoms with van der Waals surface area (Å²) in [6, 6.07) is 5.95. The lowest BCUT2D eigenvalue weighted by Crippen LogP contribution is -2.13. The molecule has 0 unspecified atom stereocenters. The molecule has 2 rings (SSSR count). The fraction of sp³-hybridized carbons (Fsp3) is 0.0714. The number of nitrogens with zero attached hydrogens (tertiary/aromatic N) is 2. The Bertz CT molecular complexity index is 720. The Kier molecular flexibility index (Phi) is 4.64. The highest BCUT2D eigenvalue weighted by Gasteiger charge is 2.11. The van der Waals surface area contributed by atoms with E-state index >= 15 is 0 Å². The van der Waals surface area contributed by atoms with Crippen LogP contribution in [0, 0.1) is 17.1 Å². The molecular formula is C14H10FN3O2S. The molecule has 1 heterocycles. The van der Waals surface area contributed by atoms with Crippen LogP contribution in [0.3, 0.4) is 0 Å². The standard InChI is InChI=1S/C14H10FN3O2S/c1-20-12-3-2-9(7-11(12)15)6-10(8-16)13(19)18-14-17-4-5-21-14/h2-7H,1H3,(H,17,18,19)/b10-6+. The van der Waals surface area contributed by atoms with E-state index in [4.69, 9.17) is 10.00 Å². The minimum Gasteiger partial charge on any atom is -0.494 e. The molecule has 0 spiro atoms. The van der Waals surface area contributed by atoms with E-state index < -0.39 is 11.7 Å². The van der Waals surface area contributed by atoms with Crippen LogP contribution in [0.15, 0.2) is 35.3 Å². The van der Waals surface area contributed by atoms with Crippen LogP contribution in [0.1, 0.15) is 5.56 Å². The number of nitriles is 1. The molecule has 0 fully saturated rings. The average molecular weight is 303 g/mol. The zero-order chi connectivity index (χ0) is 15.2. The van der Waals surface area contributed by atoms with E-state index in [0.717, 1.165) is 0 Å². The lowest BCUT2D eigenvalue weighted by Gasteiger charge is -2.03. The molecule has 7 heteroatoms. The highest BCUT2D eigenvalue weighted by atomic mass is 32.1. The van der Waals surface area contributed by atoms with Crippen molar-refractivity contribution in [2.45, 2.75) is 0 Å². The van der Waals surface area contributed by atoms with Crippen molar-refractivity contribution in [3.63, 3.8) is 0 Å². The SMILES string of the molecule is COc1ccc(/C=C(\C#N)C(=O)Nc2nccs2)cc1F. The zero-order valence-electron chi connectivity index (χ0n) is 11.0. The molecule has 0 aliphatic rings. The third-order valence-corrected chi connectivity index (χ3v) is 3.19. The maximum atomic E-state index is 13.6. The van der Waals surface area contributed by atoms with Gasteiger partial charge in [0.25, 0.3) is 5.91 Å². The molecule has 0 aliphatic carbocycles. The lowest BCUT2D eigenvalue weighted by molar-refractivity contribution is -0.112. The van der Waals surface area contributed by atoms with Gasteiger partial charge in [0.2, 0.25) is 0 Å². The maximum absolute atomic E-state index is 13.6. The largest absolute Gasteiger partial charge is 0.494 e. The van der Waals surface area contributed by atoms with Gasteiger partial charge >= 0.3 is 0 Å². The van der Waals surface area contributed by atoms with Gasteiger partial charge in [-0.05, 0) is 23.8 Å². The second kappa shape index (κ2) is 6.63. The molecule has 0 atom stereocenters. The van der Waals surface area contributed by atoms with Gasteiger partial charge in [-0.1, -0.05) is 6.07 Å². The first kappa shape index (κ1) is 14.7. The molecule has 1 aromatic carbocycles. The van der Waals surface area contributed by atoms with E-state index in [0.29, 0.717) is 10.7 Å².